The van der Waals surface area contributed by atoms with Crippen molar-refractivity contribution < 1.29 is 4.79 Å². The third kappa shape index (κ3) is 3.36. The van der Waals surface area contributed by atoms with Crippen molar-refractivity contribution in [1.82, 2.24) is 15.0 Å². The zero-order chi connectivity index (χ0) is 19.8. The zero-order valence-electron chi connectivity index (χ0n) is 15.3. The summed E-state index contributed by atoms with van der Waals surface area (Å²) in [5, 5.41) is 6.54. The highest BCUT2D eigenvalue weighted by molar-refractivity contribution is 6.30. The smallest absolute Gasteiger partial charge is 0.256 e. The predicted octanol–water partition coefficient (Wildman–Crippen LogP) is 3.85. The van der Waals surface area contributed by atoms with Crippen LogP contribution in [0.25, 0.3) is 11.1 Å². The molecule has 3 heterocycles. The number of hydrogen-bond acceptors (Lipinski definition) is 5. The van der Waals surface area contributed by atoms with Gasteiger partial charge in [0.25, 0.3) is 5.56 Å². The van der Waals surface area contributed by atoms with Gasteiger partial charge in [-0.3, -0.25) is 9.59 Å². The second kappa shape index (κ2) is 7.09. The number of nitrogens with one attached hydrogen (secondary N) is 3. The molecule has 4 rings (SSSR count). The summed E-state index contributed by atoms with van der Waals surface area (Å²) in [6.07, 6.45) is 1.60. The van der Waals surface area contributed by atoms with Crippen molar-refractivity contribution in [3.8, 4) is 11.1 Å². The predicted molar refractivity (Wildman–Crippen MR) is 109 cm³/mol. The number of nitrogens with zero attached hydrogens (tertiary/aromatic N) is 2. The van der Waals surface area contributed by atoms with E-state index in [1.54, 1.807) is 24.3 Å². The topological polar surface area (TPSA) is 99.8 Å². The molecule has 0 atom stereocenters. The van der Waals surface area contributed by atoms with Crippen LogP contribution < -0.4 is 16.2 Å². The number of carbonyl (C=O) groups excluding carboxylic acids is 1. The minimum Gasteiger partial charge on any atom is -0.338 e. The molecule has 3 N–H and O–H groups in total. The molecule has 28 heavy (non-hydrogen) atoms. The Morgan fingerprint density at radius 2 is 2.00 bits per heavy atom. The minimum atomic E-state index is -0.193. The zero-order valence-corrected chi connectivity index (χ0v) is 16.1. The summed E-state index contributed by atoms with van der Waals surface area (Å²) in [5.41, 5.74) is 3.19. The summed E-state index contributed by atoms with van der Waals surface area (Å²) in [4.78, 5) is 35.8. The highest BCUT2D eigenvalue weighted by Crippen LogP contribution is 2.32. The first kappa shape index (κ1) is 18.2. The van der Waals surface area contributed by atoms with Crippen LogP contribution >= 0.6 is 11.6 Å². The van der Waals surface area contributed by atoms with Crippen molar-refractivity contribution in [1.29, 1.82) is 0 Å². The van der Waals surface area contributed by atoms with Gasteiger partial charge in [0.15, 0.2) is 0 Å². The molecule has 1 aromatic carbocycles. The van der Waals surface area contributed by atoms with Gasteiger partial charge >= 0.3 is 0 Å². The van der Waals surface area contributed by atoms with Crippen LogP contribution in [0.5, 0.6) is 0 Å². The van der Waals surface area contributed by atoms with Crippen molar-refractivity contribution in [2.75, 3.05) is 10.6 Å². The van der Waals surface area contributed by atoms with E-state index in [2.05, 4.69) is 25.6 Å². The first-order chi connectivity index (χ1) is 13.4. The molecule has 0 radical (unpaired) electrons. The van der Waals surface area contributed by atoms with E-state index in [1.807, 2.05) is 19.9 Å². The van der Waals surface area contributed by atoms with Crippen LogP contribution in [0.15, 0.2) is 41.5 Å². The number of hydrogen-bond donors (Lipinski definition) is 3. The van der Waals surface area contributed by atoms with Crippen molar-refractivity contribution in [3.05, 3.63) is 63.3 Å². The fourth-order valence-corrected chi connectivity index (χ4v) is 3.42. The maximum absolute atomic E-state index is 12.7. The molecular formula is C20H18ClN5O2. The van der Waals surface area contributed by atoms with Crippen LogP contribution in [-0.2, 0) is 11.2 Å². The van der Waals surface area contributed by atoms with Crippen molar-refractivity contribution >= 4 is 34.8 Å². The molecule has 142 valence electrons. The van der Waals surface area contributed by atoms with Crippen molar-refractivity contribution in [2.24, 2.45) is 0 Å². The number of carbonyl (C=O) groups is 1. The molecule has 0 bridgehead atoms. The lowest BCUT2D eigenvalue weighted by atomic mass is 10.0. The Balaban J connectivity index is 1.83. The molecule has 8 heteroatoms. The molecular weight excluding hydrogens is 378 g/mol. The lowest BCUT2D eigenvalue weighted by molar-refractivity contribution is -0.115. The van der Waals surface area contributed by atoms with Crippen LogP contribution in [0.2, 0.25) is 5.02 Å². The molecule has 0 unspecified atom stereocenters. The average molecular weight is 396 g/mol. The van der Waals surface area contributed by atoms with E-state index < -0.39 is 0 Å². The molecule has 0 saturated carbocycles. The van der Waals surface area contributed by atoms with Crippen LogP contribution in [0.4, 0.5) is 17.3 Å². The molecule has 1 aliphatic heterocycles. The quantitative estimate of drug-likeness (QED) is 0.623. The number of pyridine rings is 1. The Morgan fingerprint density at radius 3 is 2.75 bits per heavy atom. The van der Waals surface area contributed by atoms with Gasteiger partial charge in [-0.25, -0.2) is 9.97 Å². The molecule has 0 spiro atoms. The maximum atomic E-state index is 12.7. The molecule has 0 saturated heterocycles. The first-order valence-electron chi connectivity index (χ1n) is 8.86. The van der Waals surface area contributed by atoms with Gasteiger partial charge in [0.1, 0.15) is 18.0 Å². The average Bonchev–Trinajstić information content (AvgIpc) is 3.04. The molecule has 0 fully saturated rings. The van der Waals surface area contributed by atoms with Gasteiger partial charge in [-0.1, -0.05) is 37.6 Å². The van der Waals surface area contributed by atoms with E-state index in [1.165, 1.54) is 6.33 Å². The second-order valence-electron chi connectivity index (χ2n) is 6.90. The number of anilines is 3. The Hall–Kier alpha value is -3.19. The summed E-state index contributed by atoms with van der Waals surface area (Å²) >= 11 is 6.09. The number of benzene rings is 1. The van der Waals surface area contributed by atoms with Crippen LogP contribution in [0, 0.1) is 0 Å². The van der Waals surface area contributed by atoms with Gasteiger partial charge in [-0.15, -0.1) is 0 Å². The lowest BCUT2D eigenvalue weighted by Gasteiger charge is -2.17. The first-order valence-corrected chi connectivity index (χ1v) is 9.24. The number of aromatic amines is 1. The standard InChI is InChI=1S/C20H18ClN5O2/c1-10(2)17-15(24-18-14-8-16(27)25-19(14)23-9-22-18)7-13(20(28)26-17)11-4-3-5-12(21)6-11/h3-7,9-10H,8H2,1-2H3,(H,26,28)(H2,22,23,24,25,27). The Labute approximate surface area is 166 Å². The number of aromatic nitrogens is 3. The summed E-state index contributed by atoms with van der Waals surface area (Å²) in [6.45, 7) is 3.98. The summed E-state index contributed by atoms with van der Waals surface area (Å²) in [6, 6.07) is 8.93. The second-order valence-corrected chi connectivity index (χ2v) is 7.34. The molecule has 1 aliphatic rings. The summed E-state index contributed by atoms with van der Waals surface area (Å²) in [7, 11) is 0. The number of amides is 1. The van der Waals surface area contributed by atoms with E-state index in [4.69, 9.17) is 11.6 Å². The molecule has 2 aromatic heterocycles. The number of fused-ring (bicyclic) bond motifs is 1. The van der Waals surface area contributed by atoms with Crippen LogP contribution in [0.1, 0.15) is 31.0 Å². The Bertz CT molecular complexity index is 1140. The minimum absolute atomic E-state index is 0.0678. The lowest BCUT2D eigenvalue weighted by Crippen LogP contribution is -2.15. The van der Waals surface area contributed by atoms with Crippen molar-refractivity contribution in [2.45, 2.75) is 26.2 Å². The van der Waals surface area contributed by atoms with Gasteiger partial charge < -0.3 is 15.6 Å². The van der Waals surface area contributed by atoms with Gasteiger partial charge in [0, 0.05) is 21.8 Å². The van der Waals surface area contributed by atoms with Crippen LogP contribution in [0.3, 0.4) is 0 Å². The van der Waals surface area contributed by atoms with Gasteiger partial charge in [0.2, 0.25) is 5.91 Å². The Morgan fingerprint density at radius 1 is 1.18 bits per heavy atom. The van der Waals surface area contributed by atoms with Gasteiger partial charge in [-0.05, 0) is 29.7 Å². The van der Waals surface area contributed by atoms with E-state index in [9.17, 15) is 9.59 Å². The largest absolute Gasteiger partial charge is 0.338 e. The van der Waals surface area contributed by atoms with Crippen LogP contribution in [-0.4, -0.2) is 20.9 Å². The van der Waals surface area contributed by atoms with Gasteiger partial charge in [0.05, 0.1) is 12.1 Å². The van der Waals surface area contributed by atoms with E-state index in [0.29, 0.717) is 33.5 Å². The monoisotopic (exact) mass is 395 g/mol. The highest BCUT2D eigenvalue weighted by atomic mass is 35.5. The van der Waals surface area contributed by atoms with Crippen molar-refractivity contribution in [3.63, 3.8) is 0 Å². The van der Waals surface area contributed by atoms with Gasteiger partial charge in [-0.2, -0.15) is 0 Å². The molecule has 1 amide bonds. The maximum Gasteiger partial charge on any atom is 0.256 e. The number of rotatable bonds is 4. The van der Waals surface area contributed by atoms with E-state index in [0.717, 1.165) is 11.3 Å². The number of H-pyrrole nitrogens is 1. The fraction of sp³-hybridized carbons (Fsp3) is 0.200. The fourth-order valence-electron chi connectivity index (χ4n) is 3.23. The SMILES string of the molecule is CC(C)c1[nH]c(=O)c(-c2cccc(Cl)c2)cc1Nc1ncnc2c1CC(=O)N2. The molecule has 3 aromatic rings. The third-order valence-electron chi connectivity index (χ3n) is 4.58. The highest BCUT2D eigenvalue weighted by Gasteiger charge is 2.24. The molecule has 7 nitrogen and oxygen atoms in total. The number of halogens is 1. The third-order valence-corrected chi connectivity index (χ3v) is 4.81. The van der Waals surface area contributed by atoms with E-state index >= 15 is 0 Å². The molecule has 0 aliphatic carbocycles. The van der Waals surface area contributed by atoms with E-state index in [-0.39, 0.29) is 23.8 Å². The Kier molecular flexibility index (Phi) is 4.60. The normalized spacial score (nSPS) is 12.8. The summed E-state index contributed by atoms with van der Waals surface area (Å²) < 4.78 is 0. The summed E-state index contributed by atoms with van der Waals surface area (Å²) in [5.74, 6) is 0.990.